The zero-order chi connectivity index (χ0) is 28.9. The van der Waals surface area contributed by atoms with Crippen molar-refractivity contribution in [2.45, 2.75) is 37.8 Å². The summed E-state index contributed by atoms with van der Waals surface area (Å²) in [4.78, 5) is 61.1. The normalized spacial score (nSPS) is 20.0. The third-order valence-corrected chi connectivity index (χ3v) is 8.05. The molecule has 0 aromatic carbocycles. The standard InChI is InChI=1S/C20H24BFIN6O7PS2/c1-20(2,3)35-19(33)26-18-25-13(28-39-18)10(27-34-6-5-22)14(30)24-11-15(31)29-12(17(32)36-37(4)21)9(7-23)8-38-16(11)29/h11,16H,5-8H2,1-4H3,(H,24,30)(H,25,26,28,33)/b27-10-. The minimum Gasteiger partial charge on any atom is -0.452 e. The highest BCUT2D eigenvalue weighted by Gasteiger charge is 2.54. The zero-order valence-corrected chi connectivity index (χ0v) is 25.9. The van der Waals surface area contributed by atoms with Crippen LogP contribution in [-0.2, 0) is 28.5 Å². The average Bonchev–Trinajstić information content (AvgIpc) is 3.29. The first-order valence-corrected chi connectivity index (χ1v) is 16.3. The number of amides is 3. The lowest BCUT2D eigenvalue weighted by Gasteiger charge is -2.49. The Balaban J connectivity index is 1.76. The van der Waals surface area contributed by atoms with Gasteiger partial charge in [-0.2, -0.15) is 9.36 Å². The van der Waals surface area contributed by atoms with Crippen molar-refractivity contribution < 1.29 is 37.7 Å². The van der Waals surface area contributed by atoms with Crippen LogP contribution in [0.3, 0.4) is 0 Å². The van der Waals surface area contributed by atoms with E-state index in [1.165, 1.54) is 16.7 Å². The van der Waals surface area contributed by atoms with Crippen LogP contribution in [-0.4, -0.2) is 98.6 Å². The number of nitrogens with one attached hydrogen (secondary N) is 2. The Labute approximate surface area is 247 Å². The summed E-state index contributed by atoms with van der Waals surface area (Å²) in [5.74, 6) is -1.89. The van der Waals surface area contributed by atoms with Gasteiger partial charge in [0.05, 0.1) is 0 Å². The van der Waals surface area contributed by atoms with E-state index in [2.05, 4.69) is 47.7 Å². The fourth-order valence-electron chi connectivity index (χ4n) is 3.25. The number of halogens is 2. The summed E-state index contributed by atoms with van der Waals surface area (Å²) >= 11 is 4.21. The van der Waals surface area contributed by atoms with Crippen LogP contribution in [0.15, 0.2) is 16.4 Å². The monoisotopic (exact) mass is 712 g/mol. The van der Waals surface area contributed by atoms with Gasteiger partial charge in [0, 0.05) is 29.7 Å². The van der Waals surface area contributed by atoms with Gasteiger partial charge in [-0.3, -0.25) is 19.8 Å². The second-order valence-corrected chi connectivity index (χ2v) is 12.8. The number of nitrogens with zero attached hydrogens (tertiary/aromatic N) is 4. The summed E-state index contributed by atoms with van der Waals surface area (Å²) in [6, 6.07) is -1.01. The molecule has 2 radical (unpaired) electrons. The first-order valence-electron chi connectivity index (χ1n) is 11.2. The lowest BCUT2D eigenvalue weighted by molar-refractivity contribution is -0.149. The predicted molar refractivity (Wildman–Crippen MR) is 154 cm³/mol. The second-order valence-electron chi connectivity index (χ2n) is 8.88. The molecule has 2 N–H and O–H groups in total. The van der Waals surface area contributed by atoms with Gasteiger partial charge in [-0.25, -0.2) is 14.0 Å². The Morgan fingerprint density at radius 3 is 2.69 bits per heavy atom. The molecule has 19 heteroatoms. The molecule has 1 aromatic rings. The maximum absolute atomic E-state index is 13.2. The maximum atomic E-state index is 13.2. The van der Waals surface area contributed by atoms with Crippen molar-refractivity contribution >= 4 is 96.2 Å². The van der Waals surface area contributed by atoms with Gasteiger partial charge in [-0.15, -0.1) is 11.8 Å². The number of hydrogen-bond donors (Lipinski definition) is 2. The summed E-state index contributed by atoms with van der Waals surface area (Å²) in [6.45, 7) is 5.32. The number of rotatable bonds is 10. The van der Waals surface area contributed by atoms with Gasteiger partial charge in [0.1, 0.15) is 36.0 Å². The van der Waals surface area contributed by atoms with Crippen molar-refractivity contribution in [2.75, 3.05) is 35.4 Å². The Morgan fingerprint density at radius 1 is 1.36 bits per heavy atom. The summed E-state index contributed by atoms with van der Waals surface area (Å²) in [5.41, 5.74) is -0.345. The second kappa shape index (κ2) is 13.5. The van der Waals surface area contributed by atoms with Crippen molar-refractivity contribution in [3.63, 3.8) is 0 Å². The molecule has 39 heavy (non-hydrogen) atoms. The average molecular weight is 712 g/mol. The molecule has 3 unspecified atom stereocenters. The van der Waals surface area contributed by atoms with Gasteiger partial charge < -0.3 is 19.4 Å². The summed E-state index contributed by atoms with van der Waals surface area (Å²) in [7, 11) is 4.15. The number of alkyl halides is 2. The molecule has 1 saturated heterocycles. The highest BCUT2D eigenvalue weighted by atomic mass is 127. The SMILES string of the molecule is [B]P(C)OC(=O)C1=C(CI)CSC2C(NC(=O)/C(=N\OCCF)c3nsc(NC(=O)OC(C)(C)C)n3)C(=O)N12. The van der Waals surface area contributed by atoms with E-state index in [0.717, 1.165) is 17.1 Å². The molecule has 0 aliphatic carbocycles. The van der Waals surface area contributed by atoms with E-state index < -0.39 is 67.9 Å². The maximum Gasteiger partial charge on any atom is 0.414 e. The summed E-state index contributed by atoms with van der Waals surface area (Å²) in [6.07, 6.45) is -0.783. The van der Waals surface area contributed by atoms with Crippen LogP contribution in [0.5, 0.6) is 0 Å². The highest BCUT2D eigenvalue weighted by molar-refractivity contribution is 14.1. The number of aromatic nitrogens is 2. The molecule has 2 aliphatic rings. The van der Waals surface area contributed by atoms with Gasteiger partial charge in [0.2, 0.25) is 16.7 Å². The van der Waals surface area contributed by atoms with Crippen LogP contribution >= 0.6 is 53.9 Å². The molecule has 0 spiro atoms. The first-order chi connectivity index (χ1) is 18.4. The molecule has 3 atom stereocenters. The lowest BCUT2D eigenvalue weighted by Crippen LogP contribution is -2.71. The third kappa shape index (κ3) is 8.01. The van der Waals surface area contributed by atoms with Crippen molar-refractivity contribution in [2.24, 2.45) is 5.16 Å². The number of ether oxygens (including phenoxy) is 1. The molecule has 210 valence electrons. The number of fused-ring (bicyclic) bond motifs is 1. The topological polar surface area (TPSA) is 161 Å². The molecule has 1 fully saturated rings. The smallest absolute Gasteiger partial charge is 0.414 e. The Hall–Kier alpha value is -2.05. The highest BCUT2D eigenvalue weighted by Crippen LogP contribution is 2.42. The first kappa shape index (κ1) is 31.5. The lowest BCUT2D eigenvalue weighted by atomic mass is 10.0. The van der Waals surface area contributed by atoms with Crippen molar-refractivity contribution in [1.29, 1.82) is 0 Å². The third-order valence-electron chi connectivity index (χ3n) is 4.70. The number of oxime groups is 1. The van der Waals surface area contributed by atoms with Crippen molar-refractivity contribution in [3.8, 4) is 0 Å². The minimum absolute atomic E-state index is 0.00869. The van der Waals surface area contributed by atoms with Crippen LogP contribution in [0.25, 0.3) is 0 Å². The van der Waals surface area contributed by atoms with Gasteiger partial charge in [-0.05, 0) is 33.0 Å². The van der Waals surface area contributed by atoms with E-state index in [1.807, 2.05) is 0 Å². The van der Waals surface area contributed by atoms with Gasteiger partial charge >= 0.3 is 12.1 Å². The van der Waals surface area contributed by atoms with E-state index >= 15 is 0 Å². The number of thioether (sulfide) groups is 1. The van der Waals surface area contributed by atoms with Crippen LogP contribution < -0.4 is 10.6 Å². The molecule has 0 saturated carbocycles. The number of carbonyl (C=O) groups is 4. The fraction of sp³-hybridized carbons (Fsp3) is 0.550. The number of hydrogen-bond acceptors (Lipinski definition) is 12. The Kier molecular flexibility index (Phi) is 10.9. The van der Waals surface area contributed by atoms with Crippen molar-refractivity contribution in [1.82, 2.24) is 19.6 Å². The zero-order valence-electron chi connectivity index (χ0n) is 21.2. The fourth-order valence-corrected chi connectivity index (χ4v) is 6.50. The molecular formula is C20H24BFIN6O7PS2. The summed E-state index contributed by atoms with van der Waals surface area (Å²) < 4.78 is 27.4. The van der Waals surface area contributed by atoms with Crippen LogP contribution in [0, 0.1) is 0 Å². The summed E-state index contributed by atoms with van der Waals surface area (Å²) in [5, 5.41) is 8.04. The van der Waals surface area contributed by atoms with Crippen molar-refractivity contribution in [3.05, 3.63) is 17.1 Å². The van der Waals surface area contributed by atoms with E-state index in [1.54, 1.807) is 27.4 Å². The van der Waals surface area contributed by atoms with Crippen LogP contribution in [0.4, 0.5) is 14.3 Å². The van der Waals surface area contributed by atoms with Gasteiger partial charge in [0.15, 0.2) is 7.57 Å². The molecule has 2 aliphatic heterocycles. The van der Waals surface area contributed by atoms with E-state index in [4.69, 9.17) is 21.7 Å². The van der Waals surface area contributed by atoms with Gasteiger partial charge in [0.25, 0.3) is 11.8 Å². The van der Waals surface area contributed by atoms with Gasteiger partial charge in [-0.1, -0.05) is 27.7 Å². The Bertz CT molecular complexity index is 1200. The van der Waals surface area contributed by atoms with E-state index in [0.29, 0.717) is 10.2 Å². The largest absolute Gasteiger partial charge is 0.452 e. The molecule has 0 bridgehead atoms. The molecule has 1 aromatic heterocycles. The molecule has 3 rings (SSSR count). The van der Waals surface area contributed by atoms with Crippen LogP contribution in [0.2, 0.25) is 0 Å². The van der Waals surface area contributed by atoms with E-state index in [9.17, 15) is 23.6 Å². The minimum atomic E-state index is -1.49. The van der Waals surface area contributed by atoms with Crippen LogP contribution in [0.1, 0.15) is 26.6 Å². The number of carbonyl (C=O) groups excluding carboxylic acids is 4. The molecule has 13 nitrogen and oxygen atoms in total. The number of β-lactam (4-membered cyclic amide) rings is 1. The van der Waals surface area contributed by atoms with E-state index in [-0.39, 0.29) is 16.7 Å². The number of anilines is 1. The molecular weight excluding hydrogens is 688 g/mol. The molecule has 3 heterocycles. The predicted octanol–water partition coefficient (Wildman–Crippen LogP) is 2.32. The quantitative estimate of drug-likeness (QED) is 0.0539. The molecule has 3 amide bonds. The Morgan fingerprint density at radius 2 is 2.08 bits per heavy atom.